The van der Waals surface area contributed by atoms with Crippen LogP contribution >= 0.6 is 0 Å². The van der Waals surface area contributed by atoms with E-state index in [1.165, 1.54) is 18.3 Å². The molecule has 2 aromatic carbocycles. The monoisotopic (exact) mass is 676 g/mol. The number of rotatable bonds is 7. The van der Waals surface area contributed by atoms with E-state index >= 15 is 8.78 Å². The molecule has 3 N–H and O–H groups in total. The summed E-state index contributed by atoms with van der Waals surface area (Å²) in [7, 11) is 0. The standard InChI is InChI=1S/C35H35F3N6O5/c1-22-15-24(17-40-16-22)31(45)42-13-11-27(28(18-42)23-5-3-2-4-6-23)32(46)43-14-12-34(48,35(37,38)20-43)19-44-21-41-30(29(39)33(44)47)49-26-9-7-25(36)8-10-26/h2-10,15-17,21,27-28,48H,11-14,18-20,39H2,1H3/t27-,28+,34+/m1/s1. The predicted molar refractivity (Wildman–Crippen MR) is 173 cm³/mol. The predicted octanol–water partition coefficient (Wildman–Crippen LogP) is 4.01. The summed E-state index contributed by atoms with van der Waals surface area (Å²) < 4.78 is 51.1. The Bertz CT molecular complexity index is 1910. The zero-order chi connectivity index (χ0) is 34.9. The number of pyridine rings is 1. The van der Waals surface area contributed by atoms with Gasteiger partial charge in [0.2, 0.25) is 11.8 Å². The lowest BCUT2D eigenvalue weighted by atomic mass is 9.78. The number of ether oxygens (including phenoxy) is 1. The summed E-state index contributed by atoms with van der Waals surface area (Å²) in [5, 5.41) is 11.2. The maximum Gasteiger partial charge on any atom is 0.295 e. The van der Waals surface area contributed by atoms with E-state index in [-0.39, 0.29) is 43.6 Å². The largest absolute Gasteiger partial charge is 0.437 e. The third-order valence-electron chi connectivity index (χ3n) is 9.24. The first kappa shape index (κ1) is 33.7. The Labute approximate surface area is 279 Å². The number of nitrogen functional groups attached to an aromatic ring is 1. The maximum atomic E-state index is 15.8. The molecule has 2 saturated heterocycles. The molecule has 0 bridgehead atoms. The van der Waals surface area contributed by atoms with Crippen LogP contribution in [0.25, 0.3) is 0 Å². The van der Waals surface area contributed by atoms with Gasteiger partial charge in [0, 0.05) is 50.3 Å². The number of benzene rings is 2. The van der Waals surface area contributed by atoms with Gasteiger partial charge in [0.15, 0.2) is 5.69 Å². The van der Waals surface area contributed by atoms with Crippen molar-refractivity contribution in [2.75, 3.05) is 31.9 Å². The third kappa shape index (κ3) is 6.86. The molecule has 2 aliphatic rings. The SMILES string of the molecule is Cc1cncc(C(=O)N2CC[C@@H](C(=O)N3CC[C@](O)(Cn4cnc(Oc5ccc(F)cc5)c(N)c4=O)C(F)(F)C3)[C@H](c3ccccc3)C2)c1. The number of aryl methyl sites for hydroxylation is 1. The van der Waals surface area contributed by atoms with Gasteiger partial charge in [-0.15, -0.1) is 0 Å². The fraction of sp³-hybridized carbons (Fsp3) is 0.343. The fourth-order valence-corrected chi connectivity index (χ4v) is 6.49. The van der Waals surface area contributed by atoms with E-state index in [0.29, 0.717) is 5.56 Å². The normalized spacial score (nSPS) is 22.1. The Morgan fingerprint density at radius 2 is 1.80 bits per heavy atom. The molecule has 0 unspecified atom stereocenters. The number of alkyl halides is 2. The average molecular weight is 677 g/mol. The molecular formula is C35H35F3N6O5. The van der Waals surface area contributed by atoms with Crippen LogP contribution in [0.15, 0.2) is 84.2 Å². The van der Waals surface area contributed by atoms with Gasteiger partial charge in [0.05, 0.1) is 18.7 Å². The first-order valence-electron chi connectivity index (χ1n) is 15.8. The number of halogens is 3. The highest BCUT2D eigenvalue weighted by Crippen LogP contribution is 2.41. The number of aromatic nitrogens is 3. The molecule has 6 rings (SSSR count). The zero-order valence-electron chi connectivity index (χ0n) is 26.6. The van der Waals surface area contributed by atoms with E-state index < -0.39 is 65.8 Å². The Morgan fingerprint density at radius 1 is 1.06 bits per heavy atom. The maximum absolute atomic E-state index is 15.8. The van der Waals surface area contributed by atoms with Crippen molar-refractivity contribution in [3.05, 3.63) is 112 Å². The fourth-order valence-electron chi connectivity index (χ4n) is 6.49. The summed E-state index contributed by atoms with van der Waals surface area (Å²) >= 11 is 0. The highest BCUT2D eigenvalue weighted by molar-refractivity contribution is 5.94. The highest BCUT2D eigenvalue weighted by Gasteiger charge is 2.58. The van der Waals surface area contributed by atoms with E-state index in [1.54, 1.807) is 17.2 Å². The lowest BCUT2D eigenvalue weighted by Gasteiger charge is -2.46. The van der Waals surface area contributed by atoms with Gasteiger partial charge in [-0.05, 0) is 54.8 Å². The number of nitrogens with zero attached hydrogens (tertiary/aromatic N) is 5. The van der Waals surface area contributed by atoms with E-state index in [0.717, 1.165) is 39.1 Å². The molecule has 0 spiro atoms. The second-order valence-corrected chi connectivity index (χ2v) is 12.6. The van der Waals surface area contributed by atoms with Crippen LogP contribution in [-0.4, -0.2) is 79.0 Å². The van der Waals surface area contributed by atoms with Gasteiger partial charge in [0.25, 0.3) is 17.4 Å². The van der Waals surface area contributed by atoms with Crippen molar-refractivity contribution in [2.24, 2.45) is 5.92 Å². The number of nitrogens with two attached hydrogens (primary N) is 1. The van der Waals surface area contributed by atoms with Gasteiger partial charge in [0.1, 0.15) is 23.5 Å². The van der Waals surface area contributed by atoms with Gasteiger partial charge < -0.3 is 25.4 Å². The van der Waals surface area contributed by atoms with Crippen LogP contribution in [0.2, 0.25) is 0 Å². The molecule has 4 aromatic rings. The molecule has 2 aliphatic heterocycles. The van der Waals surface area contributed by atoms with Crippen molar-refractivity contribution in [3.63, 3.8) is 0 Å². The third-order valence-corrected chi connectivity index (χ3v) is 9.24. The van der Waals surface area contributed by atoms with Gasteiger partial charge >= 0.3 is 0 Å². The summed E-state index contributed by atoms with van der Waals surface area (Å²) in [5.74, 6) is -6.33. The second kappa shape index (κ2) is 13.3. The Hall–Kier alpha value is -5.24. The van der Waals surface area contributed by atoms with Gasteiger partial charge in [-0.2, -0.15) is 0 Å². The summed E-state index contributed by atoms with van der Waals surface area (Å²) in [6, 6.07) is 15.8. The zero-order valence-corrected chi connectivity index (χ0v) is 26.6. The Morgan fingerprint density at radius 3 is 2.49 bits per heavy atom. The molecular weight excluding hydrogens is 641 g/mol. The van der Waals surface area contributed by atoms with Crippen LogP contribution in [-0.2, 0) is 11.3 Å². The number of carbonyl (C=O) groups excluding carboxylic acids is 2. The van der Waals surface area contributed by atoms with Gasteiger partial charge in [-0.25, -0.2) is 18.2 Å². The Balaban J connectivity index is 1.17. The Kier molecular flexibility index (Phi) is 9.16. The average Bonchev–Trinajstić information content (AvgIpc) is 3.10. The van der Waals surface area contributed by atoms with E-state index in [1.807, 2.05) is 37.3 Å². The lowest BCUT2D eigenvalue weighted by Crippen LogP contribution is -2.64. The van der Waals surface area contributed by atoms with E-state index in [2.05, 4.69) is 9.97 Å². The van der Waals surface area contributed by atoms with Gasteiger partial charge in [-0.1, -0.05) is 30.3 Å². The van der Waals surface area contributed by atoms with Crippen LogP contribution in [0.5, 0.6) is 11.6 Å². The number of amides is 2. The van der Waals surface area contributed by atoms with Crippen molar-refractivity contribution in [1.82, 2.24) is 24.3 Å². The molecule has 2 amide bonds. The van der Waals surface area contributed by atoms with Crippen molar-refractivity contribution in [3.8, 4) is 11.6 Å². The van der Waals surface area contributed by atoms with Crippen molar-refractivity contribution in [2.45, 2.75) is 43.8 Å². The topological polar surface area (TPSA) is 144 Å². The minimum Gasteiger partial charge on any atom is -0.437 e. The summed E-state index contributed by atoms with van der Waals surface area (Å²) in [5.41, 5.74) is 3.87. The molecule has 3 atom stereocenters. The van der Waals surface area contributed by atoms with Crippen molar-refractivity contribution >= 4 is 17.5 Å². The van der Waals surface area contributed by atoms with Crippen LogP contribution in [0.1, 0.15) is 40.2 Å². The smallest absolute Gasteiger partial charge is 0.295 e. The molecule has 49 heavy (non-hydrogen) atoms. The molecule has 256 valence electrons. The van der Waals surface area contributed by atoms with Gasteiger partial charge in [-0.3, -0.25) is 23.9 Å². The van der Waals surface area contributed by atoms with Crippen LogP contribution in [0.4, 0.5) is 18.9 Å². The second-order valence-electron chi connectivity index (χ2n) is 12.6. The molecule has 0 saturated carbocycles. The number of piperidine rings is 2. The number of hydrogen-bond donors (Lipinski definition) is 2. The first-order valence-corrected chi connectivity index (χ1v) is 15.8. The first-order chi connectivity index (χ1) is 23.3. The number of carbonyl (C=O) groups is 2. The lowest BCUT2D eigenvalue weighted by molar-refractivity contribution is -0.223. The van der Waals surface area contributed by atoms with Crippen LogP contribution in [0, 0.1) is 18.7 Å². The minimum absolute atomic E-state index is 0.148. The quantitative estimate of drug-likeness (QED) is 0.299. The number of aliphatic hydroxyl groups is 1. The summed E-state index contributed by atoms with van der Waals surface area (Å²) in [6.07, 6.45) is 3.81. The number of anilines is 1. The number of likely N-dealkylation sites (tertiary alicyclic amines) is 2. The summed E-state index contributed by atoms with van der Waals surface area (Å²) in [6.45, 7) is 0.198. The summed E-state index contributed by atoms with van der Waals surface area (Å²) in [4.78, 5) is 51.1. The van der Waals surface area contributed by atoms with E-state index in [9.17, 15) is 23.9 Å². The highest BCUT2D eigenvalue weighted by atomic mass is 19.3. The molecule has 0 radical (unpaired) electrons. The molecule has 4 heterocycles. The van der Waals surface area contributed by atoms with Crippen molar-refractivity contribution < 1.29 is 32.6 Å². The number of hydrogen-bond acceptors (Lipinski definition) is 8. The molecule has 2 fully saturated rings. The van der Waals surface area contributed by atoms with Crippen LogP contribution < -0.4 is 16.0 Å². The van der Waals surface area contributed by atoms with E-state index in [4.69, 9.17) is 10.5 Å². The molecule has 14 heteroatoms. The molecule has 2 aromatic heterocycles. The van der Waals surface area contributed by atoms with Crippen molar-refractivity contribution in [1.29, 1.82) is 0 Å². The van der Waals surface area contributed by atoms with Crippen LogP contribution in [0.3, 0.4) is 0 Å². The molecule has 0 aliphatic carbocycles. The minimum atomic E-state index is -3.81. The molecule has 11 nitrogen and oxygen atoms in total.